The van der Waals surface area contributed by atoms with E-state index in [1.165, 1.54) is 0 Å². The topological polar surface area (TPSA) is 56.1 Å². The zero-order chi connectivity index (χ0) is 12.0. The third-order valence-corrected chi connectivity index (χ3v) is 3.97. The molecular formula is C11H21N3OS. The molecule has 1 rings (SSSR count). The third-order valence-electron chi connectivity index (χ3n) is 2.69. The van der Waals surface area contributed by atoms with Crippen LogP contribution in [0, 0.1) is 11.3 Å². The molecule has 1 atom stereocenters. The molecule has 1 aliphatic heterocycles. The Balaban J connectivity index is 2.22. The van der Waals surface area contributed by atoms with E-state index in [4.69, 9.17) is 5.26 Å². The quantitative estimate of drug-likeness (QED) is 0.756. The maximum Gasteiger partial charge on any atom is 0.0967 e. The second kappa shape index (κ2) is 7.00. The molecule has 1 aliphatic rings. The molecule has 4 nitrogen and oxygen atoms in total. The monoisotopic (exact) mass is 243 g/mol. The zero-order valence-electron chi connectivity index (χ0n) is 10.1. The Bertz CT molecular complexity index is 265. The Labute approximate surface area is 100 Å². The number of rotatable bonds is 5. The summed E-state index contributed by atoms with van der Waals surface area (Å²) < 4.78 is 11.2. The predicted octanol–water partition coefficient (Wildman–Crippen LogP) is 0.331. The summed E-state index contributed by atoms with van der Waals surface area (Å²) in [5, 5.41) is 12.2. The molecule has 1 heterocycles. The number of hydrogen-bond donors (Lipinski definition) is 1. The molecule has 0 aromatic heterocycles. The molecule has 0 saturated carbocycles. The number of nitrogens with one attached hydrogen (secondary N) is 1. The van der Waals surface area contributed by atoms with Gasteiger partial charge in [-0.15, -0.1) is 0 Å². The second-order valence-electron chi connectivity index (χ2n) is 4.48. The summed E-state index contributed by atoms with van der Waals surface area (Å²) in [6.07, 6.45) is 0.849. The highest BCUT2D eigenvalue weighted by molar-refractivity contribution is 7.85. The first-order valence-corrected chi connectivity index (χ1v) is 7.33. The van der Waals surface area contributed by atoms with Crippen molar-refractivity contribution in [3.05, 3.63) is 0 Å². The first-order valence-electron chi connectivity index (χ1n) is 5.85. The lowest BCUT2D eigenvalue weighted by Gasteiger charge is -2.27. The Kier molecular flexibility index (Phi) is 5.96. The standard InChI is InChI=1S/C11H21N3OS/c1-10(2)13-11(9-12)3-4-14-5-7-16(15)8-6-14/h10-11,13H,3-8H2,1-2H3. The first-order chi connectivity index (χ1) is 7.61. The molecule has 16 heavy (non-hydrogen) atoms. The van der Waals surface area contributed by atoms with E-state index >= 15 is 0 Å². The highest BCUT2D eigenvalue weighted by Gasteiger charge is 2.16. The minimum absolute atomic E-state index is 0.0626. The van der Waals surface area contributed by atoms with Crippen molar-refractivity contribution < 1.29 is 4.21 Å². The van der Waals surface area contributed by atoms with E-state index in [0.29, 0.717) is 6.04 Å². The molecule has 0 spiro atoms. The molecular weight excluding hydrogens is 222 g/mol. The van der Waals surface area contributed by atoms with Gasteiger partial charge in [-0.25, -0.2) is 0 Å². The lowest BCUT2D eigenvalue weighted by molar-refractivity contribution is 0.284. The Hall–Kier alpha value is -0.440. The minimum Gasteiger partial charge on any atom is -0.301 e. The Morgan fingerprint density at radius 2 is 2.06 bits per heavy atom. The van der Waals surface area contributed by atoms with E-state index in [2.05, 4.69) is 16.3 Å². The third kappa shape index (κ3) is 5.06. The average Bonchev–Trinajstić information content (AvgIpc) is 2.26. The van der Waals surface area contributed by atoms with Crippen molar-refractivity contribution in [2.75, 3.05) is 31.1 Å². The smallest absolute Gasteiger partial charge is 0.0967 e. The van der Waals surface area contributed by atoms with Crippen LogP contribution in [-0.4, -0.2) is 52.3 Å². The Morgan fingerprint density at radius 3 is 2.56 bits per heavy atom. The van der Waals surface area contributed by atoms with Crippen molar-refractivity contribution in [3.8, 4) is 6.07 Å². The zero-order valence-corrected chi connectivity index (χ0v) is 10.9. The van der Waals surface area contributed by atoms with Crippen LogP contribution in [0.3, 0.4) is 0 Å². The molecule has 5 heteroatoms. The van der Waals surface area contributed by atoms with Crippen LogP contribution in [0.5, 0.6) is 0 Å². The van der Waals surface area contributed by atoms with Crippen LogP contribution in [0.25, 0.3) is 0 Å². The summed E-state index contributed by atoms with van der Waals surface area (Å²) in [6.45, 7) is 6.84. The summed E-state index contributed by atoms with van der Waals surface area (Å²) in [7, 11) is -0.608. The normalized spacial score (nSPS) is 20.9. The van der Waals surface area contributed by atoms with E-state index in [0.717, 1.165) is 37.6 Å². The van der Waals surface area contributed by atoms with Gasteiger partial charge in [-0.2, -0.15) is 5.26 Å². The van der Waals surface area contributed by atoms with Gasteiger partial charge in [-0.3, -0.25) is 9.53 Å². The molecule has 0 aliphatic carbocycles. The van der Waals surface area contributed by atoms with Crippen molar-refractivity contribution in [2.45, 2.75) is 32.4 Å². The van der Waals surface area contributed by atoms with E-state index in [1.807, 2.05) is 13.8 Å². The predicted molar refractivity (Wildman–Crippen MR) is 66.6 cm³/mol. The average molecular weight is 243 g/mol. The molecule has 0 radical (unpaired) electrons. The van der Waals surface area contributed by atoms with Crippen LogP contribution in [0.2, 0.25) is 0 Å². The molecule has 1 unspecified atom stereocenters. The van der Waals surface area contributed by atoms with E-state index < -0.39 is 10.8 Å². The summed E-state index contributed by atoms with van der Waals surface area (Å²) >= 11 is 0. The molecule has 0 bridgehead atoms. The van der Waals surface area contributed by atoms with Crippen molar-refractivity contribution in [1.29, 1.82) is 5.26 Å². The summed E-state index contributed by atoms with van der Waals surface area (Å²) in [5.74, 6) is 1.57. The van der Waals surface area contributed by atoms with Gasteiger partial charge in [0.2, 0.25) is 0 Å². The molecule has 0 amide bonds. The fraction of sp³-hybridized carbons (Fsp3) is 0.909. The van der Waals surface area contributed by atoms with Gasteiger partial charge in [0.1, 0.15) is 0 Å². The fourth-order valence-electron chi connectivity index (χ4n) is 1.80. The molecule has 1 saturated heterocycles. The van der Waals surface area contributed by atoms with Crippen LogP contribution in [0.4, 0.5) is 0 Å². The van der Waals surface area contributed by atoms with E-state index in [9.17, 15) is 4.21 Å². The van der Waals surface area contributed by atoms with Crippen molar-refractivity contribution in [3.63, 3.8) is 0 Å². The largest absolute Gasteiger partial charge is 0.301 e. The highest BCUT2D eigenvalue weighted by atomic mass is 32.2. The first kappa shape index (κ1) is 13.6. The van der Waals surface area contributed by atoms with Gasteiger partial charge in [0, 0.05) is 48.0 Å². The van der Waals surface area contributed by atoms with E-state index in [1.54, 1.807) is 0 Å². The maximum absolute atomic E-state index is 11.2. The molecule has 0 aromatic rings. The number of nitrogens with zero attached hydrogens (tertiary/aromatic N) is 2. The van der Waals surface area contributed by atoms with Crippen LogP contribution < -0.4 is 5.32 Å². The van der Waals surface area contributed by atoms with Gasteiger partial charge in [-0.1, -0.05) is 0 Å². The van der Waals surface area contributed by atoms with Crippen molar-refractivity contribution >= 4 is 10.8 Å². The minimum atomic E-state index is -0.608. The maximum atomic E-state index is 11.2. The molecule has 1 N–H and O–H groups in total. The van der Waals surface area contributed by atoms with Crippen LogP contribution in [0.1, 0.15) is 20.3 Å². The summed E-state index contributed by atoms with van der Waals surface area (Å²) in [5.41, 5.74) is 0. The van der Waals surface area contributed by atoms with Gasteiger partial charge in [0.15, 0.2) is 0 Å². The second-order valence-corrected chi connectivity index (χ2v) is 6.18. The van der Waals surface area contributed by atoms with Crippen molar-refractivity contribution in [1.82, 2.24) is 10.2 Å². The van der Waals surface area contributed by atoms with Gasteiger partial charge in [0.25, 0.3) is 0 Å². The highest BCUT2D eigenvalue weighted by Crippen LogP contribution is 2.03. The van der Waals surface area contributed by atoms with Gasteiger partial charge in [-0.05, 0) is 20.3 Å². The lowest BCUT2D eigenvalue weighted by Crippen LogP contribution is -2.41. The molecule has 0 aromatic carbocycles. The van der Waals surface area contributed by atoms with Crippen LogP contribution in [-0.2, 0) is 10.8 Å². The number of nitriles is 1. The van der Waals surface area contributed by atoms with Gasteiger partial charge >= 0.3 is 0 Å². The van der Waals surface area contributed by atoms with Crippen LogP contribution in [0.15, 0.2) is 0 Å². The van der Waals surface area contributed by atoms with Crippen molar-refractivity contribution in [2.24, 2.45) is 0 Å². The summed E-state index contributed by atoms with van der Waals surface area (Å²) in [4.78, 5) is 2.30. The van der Waals surface area contributed by atoms with Gasteiger partial charge < -0.3 is 4.90 Å². The van der Waals surface area contributed by atoms with Gasteiger partial charge in [0.05, 0.1) is 12.1 Å². The summed E-state index contributed by atoms with van der Waals surface area (Å²) in [6, 6.07) is 2.57. The Morgan fingerprint density at radius 1 is 1.44 bits per heavy atom. The SMILES string of the molecule is CC(C)NC(C#N)CCN1CCS(=O)CC1. The van der Waals surface area contributed by atoms with E-state index in [-0.39, 0.29) is 6.04 Å². The number of hydrogen-bond acceptors (Lipinski definition) is 4. The van der Waals surface area contributed by atoms with Crippen LogP contribution >= 0.6 is 0 Å². The lowest BCUT2D eigenvalue weighted by atomic mass is 10.2. The fourth-order valence-corrected chi connectivity index (χ4v) is 2.93. The molecule has 1 fully saturated rings. The molecule has 92 valence electrons.